The maximum atomic E-state index is 11.8. The Labute approximate surface area is 98.1 Å². The van der Waals surface area contributed by atoms with Crippen molar-refractivity contribution in [1.29, 1.82) is 0 Å². The number of benzene rings is 1. The van der Waals surface area contributed by atoms with Gasteiger partial charge in [0.25, 0.3) is 5.91 Å². The molecule has 0 spiro atoms. The molecule has 2 aromatic rings. The van der Waals surface area contributed by atoms with E-state index in [1.165, 1.54) is 4.80 Å². The fraction of sp³-hybridized carbons (Fsp3) is 0.250. The number of piperidine rings is 1. The van der Waals surface area contributed by atoms with E-state index >= 15 is 0 Å². The van der Waals surface area contributed by atoms with Crippen molar-refractivity contribution in [2.45, 2.75) is 18.9 Å². The number of rotatable bonds is 1. The zero-order valence-electron chi connectivity index (χ0n) is 9.26. The molecule has 1 N–H and O–H groups in total. The molecule has 1 unspecified atom stereocenters. The van der Waals surface area contributed by atoms with Crippen molar-refractivity contribution in [2.75, 3.05) is 0 Å². The molecule has 86 valence electrons. The molecule has 5 nitrogen and oxygen atoms in total. The lowest BCUT2D eigenvalue weighted by Gasteiger charge is -2.22. The molecular weight excluding hydrogens is 216 g/mol. The number of fused-ring (bicyclic) bond motifs is 1. The summed E-state index contributed by atoms with van der Waals surface area (Å²) in [4.78, 5) is 13.3. The van der Waals surface area contributed by atoms with E-state index < -0.39 is 0 Å². The number of hydrogen-bond donors (Lipinski definition) is 1. The molecule has 0 aliphatic carbocycles. The maximum Gasteiger partial charge on any atom is 0.250 e. The van der Waals surface area contributed by atoms with Crippen LogP contribution >= 0.6 is 0 Å². The highest BCUT2D eigenvalue weighted by Crippen LogP contribution is 2.21. The first-order valence-electron chi connectivity index (χ1n) is 5.54. The van der Waals surface area contributed by atoms with Gasteiger partial charge < -0.3 is 5.32 Å². The minimum absolute atomic E-state index is 0.0819. The second-order valence-electron chi connectivity index (χ2n) is 4.16. The van der Waals surface area contributed by atoms with Crippen molar-refractivity contribution in [1.82, 2.24) is 20.3 Å². The number of amides is 1. The van der Waals surface area contributed by atoms with Crippen LogP contribution in [0.3, 0.4) is 0 Å². The van der Waals surface area contributed by atoms with Crippen molar-refractivity contribution in [2.24, 2.45) is 0 Å². The normalized spacial score (nSPS) is 20.6. The monoisotopic (exact) mass is 228 g/mol. The molecule has 3 rings (SSSR count). The Morgan fingerprint density at radius 1 is 1.29 bits per heavy atom. The lowest BCUT2D eigenvalue weighted by molar-refractivity contribution is -0.125. The molecule has 2 heterocycles. The molecule has 1 aliphatic rings. The van der Waals surface area contributed by atoms with Crippen molar-refractivity contribution < 1.29 is 4.79 Å². The number of aromatic nitrogens is 3. The van der Waals surface area contributed by atoms with E-state index in [-0.39, 0.29) is 11.9 Å². The molecule has 1 atom stereocenters. The van der Waals surface area contributed by atoms with Gasteiger partial charge in [-0.1, -0.05) is 18.7 Å². The van der Waals surface area contributed by atoms with Gasteiger partial charge in [-0.2, -0.15) is 15.0 Å². The number of nitrogens with one attached hydrogen (secondary N) is 1. The van der Waals surface area contributed by atoms with Gasteiger partial charge in [0.15, 0.2) is 6.04 Å². The van der Waals surface area contributed by atoms with Crippen LogP contribution < -0.4 is 5.32 Å². The first-order chi connectivity index (χ1) is 8.24. The molecule has 1 aliphatic heterocycles. The average molecular weight is 228 g/mol. The minimum Gasteiger partial charge on any atom is -0.328 e. The predicted molar refractivity (Wildman–Crippen MR) is 63.1 cm³/mol. The minimum atomic E-state index is -0.326. The first kappa shape index (κ1) is 10.0. The summed E-state index contributed by atoms with van der Waals surface area (Å²) in [6.07, 6.45) is 1.47. The molecule has 1 fully saturated rings. The van der Waals surface area contributed by atoms with E-state index in [4.69, 9.17) is 0 Å². The Bertz CT molecular complexity index is 568. The molecule has 0 radical (unpaired) electrons. The largest absolute Gasteiger partial charge is 0.328 e. The van der Waals surface area contributed by atoms with Crippen LogP contribution in [0.15, 0.2) is 36.5 Å². The van der Waals surface area contributed by atoms with Crippen molar-refractivity contribution >= 4 is 16.9 Å². The smallest absolute Gasteiger partial charge is 0.250 e. The van der Waals surface area contributed by atoms with Crippen molar-refractivity contribution in [3.63, 3.8) is 0 Å². The second-order valence-corrected chi connectivity index (χ2v) is 4.16. The fourth-order valence-electron chi connectivity index (χ4n) is 2.00. The summed E-state index contributed by atoms with van der Waals surface area (Å²) >= 11 is 0. The summed E-state index contributed by atoms with van der Waals surface area (Å²) in [5.74, 6) is -0.0819. The molecule has 1 aromatic carbocycles. The average Bonchev–Trinajstić information content (AvgIpc) is 2.72. The third-order valence-electron chi connectivity index (χ3n) is 2.90. The lowest BCUT2D eigenvalue weighted by Crippen LogP contribution is -2.37. The first-order valence-corrected chi connectivity index (χ1v) is 5.54. The Balaban J connectivity index is 1.98. The number of carbonyl (C=O) groups is 1. The molecule has 0 saturated carbocycles. The zero-order valence-corrected chi connectivity index (χ0v) is 9.26. The van der Waals surface area contributed by atoms with Crippen LogP contribution in [0.4, 0.5) is 0 Å². The van der Waals surface area contributed by atoms with Crippen LogP contribution in [0.2, 0.25) is 0 Å². The van der Waals surface area contributed by atoms with Crippen LogP contribution in [0.1, 0.15) is 18.9 Å². The summed E-state index contributed by atoms with van der Waals surface area (Å²) in [6, 6.07) is 7.26. The van der Waals surface area contributed by atoms with Crippen LogP contribution in [-0.4, -0.2) is 20.9 Å². The Kier molecular flexibility index (Phi) is 2.18. The summed E-state index contributed by atoms with van der Waals surface area (Å²) in [5, 5.41) is 11.4. The van der Waals surface area contributed by atoms with Crippen molar-refractivity contribution in [3.05, 3.63) is 36.5 Å². The quantitative estimate of drug-likeness (QED) is 0.802. The highest BCUT2D eigenvalue weighted by molar-refractivity contribution is 5.83. The SMILES string of the molecule is C=C1CCC(n2nc3ccccc3n2)C(=O)N1. The van der Waals surface area contributed by atoms with E-state index in [0.717, 1.165) is 23.2 Å². The highest BCUT2D eigenvalue weighted by Gasteiger charge is 2.27. The van der Waals surface area contributed by atoms with E-state index in [1.807, 2.05) is 24.3 Å². The van der Waals surface area contributed by atoms with E-state index in [2.05, 4.69) is 22.1 Å². The van der Waals surface area contributed by atoms with E-state index in [9.17, 15) is 4.79 Å². The molecule has 0 bridgehead atoms. The third-order valence-corrected chi connectivity index (χ3v) is 2.90. The molecule has 1 aromatic heterocycles. The Morgan fingerprint density at radius 3 is 2.53 bits per heavy atom. The lowest BCUT2D eigenvalue weighted by atomic mass is 10.1. The van der Waals surface area contributed by atoms with Crippen LogP contribution in [0, 0.1) is 0 Å². The molecule has 1 saturated heterocycles. The van der Waals surface area contributed by atoms with Crippen LogP contribution in [0.25, 0.3) is 11.0 Å². The highest BCUT2D eigenvalue weighted by atomic mass is 16.2. The molecular formula is C12H12N4O. The second kappa shape index (κ2) is 3.69. The van der Waals surface area contributed by atoms with Gasteiger partial charge in [-0.15, -0.1) is 0 Å². The molecule has 5 heteroatoms. The van der Waals surface area contributed by atoms with Gasteiger partial charge in [0, 0.05) is 5.70 Å². The standard InChI is InChI=1S/C12H12N4O/c1-8-6-7-11(12(17)13-8)16-14-9-4-2-3-5-10(9)15-16/h2-5,11H,1,6-7H2,(H,13,17). The van der Waals surface area contributed by atoms with Gasteiger partial charge in [0.2, 0.25) is 0 Å². The van der Waals surface area contributed by atoms with Crippen LogP contribution in [0.5, 0.6) is 0 Å². The summed E-state index contributed by atoms with van der Waals surface area (Å²) in [6.45, 7) is 3.75. The Hall–Kier alpha value is -2.17. The maximum absolute atomic E-state index is 11.8. The van der Waals surface area contributed by atoms with Crippen LogP contribution in [-0.2, 0) is 4.79 Å². The number of carbonyl (C=O) groups excluding carboxylic acids is 1. The zero-order chi connectivity index (χ0) is 11.8. The topological polar surface area (TPSA) is 59.8 Å². The van der Waals surface area contributed by atoms with Gasteiger partial charge in [-0.05, 0) is 25.0 Å². The third kappa shape index (κ3) is 1.69. The van der Waals surface area contributed by atoms with Gasteiger partial charge in [0.05, 0.1) is 0 Å². The van der Waals surface area contributed by atoms with Gasteiger partial charge in [-0.3, -0.25) is 4.79 Å². The van der Waals surface area contributed by atoms with E-state index in [0.29, 0.717) is 6.42 Å². The van der Waals surface area contributed by atoms with Gasteiger partial charge in [0.1, 0.15) is 11.0 Å². The van der Waals surface area contributed by atoms with Gasteiger partial charge in [-0.25, -0.2) is 0 Å². The summed E-state index contributed by atoms with van der Waals surface area (Å²) in [5.41, 5.74) is 2.39. The molecule has 1 amide bonds. The summed E-state index contributed by atoms with van der Waals surface area (Å²) < 4.78 is 0. The summed E-state index contributed by atoms with van der Waals surface area (Å²) in [7, 11) is 0. The fourth-order valence-corrected chi connectivity index (χ4v) is 2.00. The predicted octanol–water partition coefficient (Wildman–Crippen LogP) is 1.40. The number of nitrogens with zero attached hydrogens (tertiary/aromatic N) is 3. The van der Waals surface area contributed by atoms with Gasteiger partial charge >= 0.3 is 0 Å². The number of allylic oxidation sites excluding steroid dienone is 1. The van der Waals surface area contributed by atoms with Crippen molar-refractivity contribution in [3.8, 4) is 0 Å². The van der Waals surface area contributed by atoms with E-state index in [1.54, 1.807) is 0 Å². The molecule has 17 heavy (non-hydrogen) atoms. The Morgan fingerprint density at radius 2 is 1.94 bits per heavy atom. The number of hydrogen-bond acceptors (Lipinski definition) is 3.